The average molecular weight is 509 g/mol. The number of furan rings is 1. The van der Waals surface area contributed by atoms with E-state index in [9.17, 15) is 9.59 Å². The summed E-state index contributed by atoms with van der Waals surface area (Å²) in [6.07, 6.45) is 5.83. The molecule has 3 aromatic rings. The van der Waals surface area contributed by atoms with Crippen LogP contribution in [0.5, 0.6) is 0 Å². The molecule has 4 heterocycles. The largest absolute Gasteiger partial charge is 0.459 e. The third kappa shape index (κ3) is 5.52. The maximum atomic E-state index is 13.4. The number of hydrogen-bond donors (Lipinski definition) is 0. The van der Waals surface area contributed by atoms with Crippen molar-refractivity contribution in [3.8, 4) is 0 Å². The van der Waals surface area contributed by atoms with Crippen LogP contribution in [0.2, 0.25) is 0 Å². The number of pyridine rings is 1. The van der Waals surface area contributed by atoms with Gasteiger partial charge in [0.05, 0.1) is 25.0 Å². The number of rotatable bonds is 9. The van der Waals surface area contributed by atoms with Gasteiger partial charge in [-0.25, -0.2) is 4.98 Å². The predicted octanol–water partition coefficient (Wildman–Crippen LogP) is 4.04. The number of morpholine rings is 1. The van der Waals surface area contributed by atoms with Gasteiger partial charge in [0, 0.05) is 61.5 Å². The SMILES string of the molecule is CSc1ccc2cc(CN(CCCN3CCCC3=O)C(=O)c3ccco3)c(N3CCOCC3)nc2c1. The number of amides is 2. The number of hydrogen-bond acceptors (Lipinski definition) is 7. The minimum absolute atomic E-state index is 0.154. The van der Waals surface area contributed by atoms with E-state index in [0.29, 0.717) is 51.4 Å². The monoisotopic (exact) mass is 508 g/mol. The summed E-state index contributed by atoms with van der Waals surface area (Å²) in [6, 6.07) is 11.9. The van der Waals surface area contributed by atoms with E-state index in [1.165, 1.54) is 11.2 Å². The van der Waals surface area contributed by atoms with Gasteiger partial charge >= 0.3 is 0 Å². The van der Waals surface area contributed by atoms with Gasteiger partial charge in [0.1, 0.15) is 5.82 Å². The van der Waals surface area contributed by atoms with Crippen molar-refractivity contribution >= 4 is 40.3 Å². The average Bonchev–Trinajstić information content (AvgIpc) is 3.60. The van der Waals surface area contributed by atoms with Crippen molar-refractivity contribution in [3.05, 3.63) is 54.0 Å². The predicted molar refractivity (Wildman–Crippen MR) is 140 cm³/mol. The van der Waals surface area contributed by atoms with Crippen LogP contribution in [0.3, 0.4) is 0 Å². The Hall–Kier alpha value is -3.04. The van der Waals surface area contributed by atoms with Gasteiger partial charge in [0.15, 0.2) is 5.76 Å². The maximum Gasteiger partial charge on any atom is 0.289 e. The lowest BCUT2D eigenvalue weighted by molar-refractivity contribution is -0.127. The third-order valence-corrected chi connectivity index (χ3v) is 7.52. The molecule has 2 aliphatic rings. The molecule has 0 atom stereocenters. The molecule has 2 amide bonds. The minimum Gasteiger partial charge on any atom is -0.459 e. The fourth-order valence-corrected chi connectivity index (χ4v) is 5.31. The summed E-state index contributed by atoms with van der Waals surface area (Å²) in [5.41, 5.74) is 1.95. The number of aromatic nitrogens is 1. The zero-order chi connectivity index (χ0) is 24.9. The number of ether oxygens (including phenoxy) is 1. The lowest BCUT2D eigenvalue weighted by Gasteiger charge is -2.31. The quantitative estimate of drug-likeness (QED) is 0.404. The summed E-state index contributed by atoms with van der Waals surface area (Å²) in [5.74, 6) is 1.27. The van der Waals surface area contributed by atoms with E-state index in [-0.39, 0.29) is 11.8 Å². The molecule has 2 saturated heterocycles. The first-order valence-electron chi connectivity index (χ1n) is 12.5. The molecular formula is C27H32N4O4S. The van der Waals surface area contributed by atoms with Crippen LogP contribution in [0, 0.1) is 0 Å². The molecule has 1 aromatic carbocycles. The van der Waals surface area contributed by atoms with Gasteiger partial charge in [-0.15, -0.1) is 11.8 Å². The zero-order valence-electron chi connectivity index (χ0n) is 20.6. The smallest absolute Gasteiger partial charge is 0.289 e. The van der Waals surface area contributed by atoms with Crippen LogP contribution in [0.1, 0.15) is 35.4 Å². The highest BCUT2D eigenvalue weighted by Crippen LogP contribution is 2.29. The fourth-order valence-electron chi connectivity index (χ4n) is 4.88. The van der Waals surface area contributed by atoms with Gasteiger partial charge in [-0.05, 0) is 49.4 Å². The molecule has 0 spiro atoms. The Morgan fingerprint density at radius 2 is 2.03 bits per heavy atom. The molecule has 0 aliphatic carbocycles. The highest BCUT2D eigenvalue weighted by atomic mass is 32.2. The van der Waals surface area contributed by atoms with Crippen LogP contribution in [0.15, 0.2) is 52.0 Å². The number of carbonyl (C=O) groups excluding carboxylic acids is 2. The van der Waals surface area contributed by atoms with Crippen LogP contribution >= 0.6 is 11.8 Å². The number of carbonyl (C=O) groups is 2. The van der Waals surface area contributed by atoms with Gasteiger partial charge in [-0.1, -0.05) is 6.07 Å². The third-order valence-electron chi connectivity index (χ3n) is 6.80. The molecule has 9 heteroatoms. The number of benzene rings is 1. The second kappa shape index (κ2) is 11.3. The summed E-state index contributed by atoms with van der Waals surface area (Å²) in [6.45, 7) is 5.23. The van der Waals surface area contributed by atoms with Crippen LogP contribution in [0.4, 0.5) is 5.82 Å². The fraction of sp³-hybridized carbons (Fsp3) is 0.444. The Kier molecular flexibility index (Phi) is 7.77. The summed E-state index contributed by atoms with van der Waals surface area (Å²) in [7, 11) is 0. The number of thioether (sulfide) groups is 1. The van der Waals surface area contributed by atoms with Crippen molar-refractivity contribution < 1.29 is 18.7 Å². The molecule has 2 aromatic heterocycles. The summed E-state index contributed by atoms with van der Waals surface area (Å²) < 4.78 is 11.0. The molecule has 0 saturated carbocycles. The summed E-state index contributed by atoms with van der Waals surface area (Å²) >= 11 is 1.70. The van der Waals surface area contributed by atoms with E-state index in [2.05, 4.69) is 35.4 Å². The van der Waals surface area contributed by atoms with E-state index < -0.39 is 0 Å². The van der Waals surface area contributed by atoms with E-state index in [1.54, 1.807) is 23.9 Å². The molecule has 2 fully saturated rings. The Balaban J connectivity index is 1.44. The first kappa shape index (κ1) is 24.6. The number of nitrogens with zero attached hydrogens (tertiary/aromatic N) is 4. The van der Waals surface area contributed by atoms with Crippen LogP contribution in [0.25, 0.3) is 10.9 Å². The highest BCUT2D eigenvalue weighted by Gasteiger charge is 2.25. The Bertz CT molecular complexity index is 1210. The zero-order valence-corrected chi connectivity index (χ0v) is 21.5. The Labute approximate surface area is 215 Å². The summed E-state index contributed by atoms with van der Waals surface area (Å²) in [5, 5.41) is 1.05. The van der Waals surface area contributed by atoms with Crippen LogP contribution in [-0.2, 0) is 16.1 Å². The lowest BCUT2D eigenvalue weighted by atomic mass is 10.1. The standard InChI is InChI=1S/C27H32N4O4S/c1-36-22-8-7-20-17-21(26(28-23(20)18-22)30-12-15-34-16-13-30)19-31(27(33)24-5-3-14-35-24)11-4-10-29-9-2-6-25(29)32/h3,5,7-8,14,17-18H,2,4,6,9-13,15-16,19H2,1H3. The molecule has 5 rings (SSSR count). The molecule has 0 radical (unpaired) electrons. The van der Waals surface area contributed by atoms with Gasteiger partial charge in [0.2, 0.25) is 5.91 Å². The van der Waals surface area contributed by atoms with Crippen LogP contribution in [-0.4, -0.2) is 78.8 Å². The van der Waals surface area contributed by atoms with Gasteiger partial charge < -0.3 is 23.9 Å². The van der Waals surface area contributed by atoms with E-state index >= 15 is 0 Å². The van der Waals surface area contributed by atoms with Crippen LogP contribution < -0.4 is 4.90 Å². The molecule has 2 aliphatic heterocycles. The second-order valence-corrected chi connectivity index (χ2v) is 10.1. The highest BCUT2D eigenvalue weighted by molar-refractivity contribution is 7.98. The Morgan fingerprint density at radius 3 is 2.75 bits per heavy atom. The maximum absolute atomic E-state index is 13.4. The molecule has 190 valence electrons. The molecule has 0 bridgehead atoms. The minimum atomic E-state index is -0.154. The first-order valence-corrected chi connectivity index (χ1v) is 13.8. The van der Waals surface area contributed by atoms with Crippen molar-refractivity contribution in [2.24, 2.45) is 0 Å². The van der Waals surface area contributed by atoms with E-state index in [4.69, 9.17) is 14.1 Å². The number of likely N-dealkylation sites (tertiary alicyclic amines) is 1. The topological polar surface area (TPSA) is 79.1 Å². The lowest BCUT2D eigenvalue weighted by Crippen LogP contribution is -2.39. The number of fused-ring (bicyclic) bond motifs is 1. The van der Waals surface area contributed by atoms with Crippen molar-refractivity contribution in [3.63, 3.8) is 0 Å². The van der Waals surface area contributed by atoms with Crippen molar-refractivity contribution in [2.75, 3.05) is 57.1 Å². The van der Waals surface area contributed by atoms with E-state index in [0.717, 1.165) is 48.3 Å². The van der Waals surface area contributed by atoms with Gasteiger partial charge in [-0.3, -0.25) is 9.59 Å². The molecular weight excluding hydrogens is 476 g/mol. The van der Waals surface area contributed by atoms with Crippen molar-refractivity contribution in [1.82, 2.24) is 14.8 Å². The first-order chi connectivity index (χ1) is 17.6. The van der Waals surface area contributed by atoms with Gasteiger partial charge in [0.25, 0.3) is 5.91 Å². The normalized spacial score (nSPS) is 16.2. The molecule has 36 heavy (non-hydrogen) atoms. The second-order valence-electron chi connectivity index (χ2n) is 9.17. The number of anilines is 1. The van der Waals surface area contributed by atoms with Crippen molar-refractivity contribution in [1.29, 1.82) is 0 Å². The van der Waals surface area contributed by atoms with E-state index in [1.807, 2.05) is 9.80 Å². The summed E-state index contributed by atoms with van der Waals surface area (Å²) in [4.78, 5) is 37.7. The molecule has 0 N–H and O–H groups in total. The van der Waals surface area contributed by atoms with Crippen molar-refractivity contribution in [2.45, 2.75) is 30.7 Å². The Morgan fingerprint density at radius 1 is 1.17 bits per heavy atom. The van der Waals surface area contributed by atoms with Gasteiger partial charge in [-0.2, -0.15) is 0 Å². The molecule has 8 nitrogen and oxygen atoms in total. The molecule has 0 unspecified atom stereocenters.